The SMILES string of the molecule is CCC(C)c1ccc(OC(C)OCCc2ccccn2)cc1. The maximum atomic E-state index is 5.78. The molecule has 2 unspecified atom stereocenters. The van der Waals surface area contributed by atoms with Crippen molar-refractivity contribution in [3.63, 3.8) is 0 Å². The van der Waals surface area contributed by atoms with Crippen molar-refractivity contribution >= 4 is 0 Å². The zero-order valence-electron chi connectivity index (χ0n) is 13.7. The highest BCUT2D eigenvalue weighted by atomic mass is 16.7. The van der Waals surface area contributed by atoms with E-state index in [1.54, 1.807) is 6.20 Å². The Bertz CT molecular complexity index is 539. The highest BCUT2D eigenvalue weighted by Gasteiger charge is 2.06. The molecule has 2 rings (SSSR count). The molecule has 0 fully saturated rings. The van der Waals surface area contributed by atoms with E-state index < -0.39 is 0 Å². The van der Waals surface area contributed by atoms with Crippen molar-refractivity contribution in [2.75, 3.05) is 6.61 Å². The van der Waals surface area contributed by atoms with Gasteiger partial charge in [-0.25, -0.2) is 0 Å². The Morgan fingerprint density at radius 1 is 1.05 bits per heavy atom. The quantitative estimate of drug-likeness (QED) is 0.669. The lowest BCUT2D eigenvalue weighted by Crippen LogP contribution is -2.18. The first kappa shape index (κ1) is 16.5. The molecule has 0 amide bonds. The first-order valence-corrected chi connectivity index (χ1v) is 7.97. The minimum atomic E-state index is -0.266. The predicted molar refractivity (Wildman–Crippen MR) is 89.1 cm³/mol. The summed E-state index contributed by atoms with van der Waals surface area (Å²) in [6.07, 6.45) is 3.47. The molecule has 3 nitrogen and oxygen atoms in total. The summed E-state index contributed by atoms with van der Waals surface area (Å²) in [5.41, 5.74) is 2.38. The molecule has 118 valence electrons. The molecule has 0 bridgehead atoms. The van der Waals surface area contributed by atoms with Crippen molar-refractivity contribution in [3.05, 3.63) is 59.9 Å². The van der Waals surface area contributed by atoms with Crippen LogP contribution in [0, 0.1) is 0 Å². The van der Waals surface area contributed by atoms with Crippen LogP contribution in [0.5, 0.6) is 5.75 Å². The van der Waals surface area contributed by atoms with E-state index in [2.05, 4.69) is 31.0 Å². The number of hydrogen-bond acceptors (Lipinski definition) is 3. The van der Waals surface area contributed by atoms with Crippen LogP contribution in [0.4, 0.5) is 0 Å². The van der Waals surface area contributed by atoms with Gasteiger partial charge in [-0.05, 0) is 49.1 Å². The number of ether oxygens (including phenoxy) is 2. The molecule has 2 aromatic rings. The molecule has 0 aliphatic heterocycles. The van der Waals surface area contributed by atoms with E-state index in [-0.39, 0.29) is 6.29 Å². The second-order valence-electron chi connectivity index (χ2n) is 5.51. The van der Waals surface area contributed by atoms with Gasteiger partial charge < -0.3 is 9.47 Å². The molecular formula is C19H25NO2. The lowest BCUT2D eigenvalue weighted by atomic mass is 9.99. The number of nitrogens with zero attached hydrogens (tertiary/aromatic N) is 1. The maximum Gasteiger partial charge on any atom is 0.196 e. The largest absolute Gasteiger partial charge is 0.465 e. The van der Waals surface area contributed by atoms with Crippen molar-refractivity contribution in [1.29, 1.82) is 0 Å². The molecule has 0 saturated heterocycles. The maximum absolute atomic E-state index is 5.78. The monoisotopic (exact) mass is 299 g/mol. The van der Waals surface area contributed by atoms with Crippen LogP contribution in [0.15, 0.2) is 48.7 Å². The van der Waals surface area contributed by atoms with E-state index in [1.165, 1.54) is 5.56 Å². The third-order valence-corrected chi connectivity index (χ3v) is 3.80. The van der Waals surface area contributed by atoms with Crippen molar-refractivity contribution in [1.82, 2.24) is 4.98 Å². The van der Waals surface area contributed by atoms with E-state index in [0.29, 0.717) is 12.5 Å². The summed E-state index contributed by atoms with van der Waals surface area (Å²) >= 11 is 0. The highest BCUT2D eigenvalue weighted by molar-refractivity contribution is 5.29. The van der Waals surface area contributed by atoms with Crippen LogP contribution in [-0.4, -0.2) is 17.9 Å². The Kier molecular flexibility index (Phi) is 6.41. The molecule has 0 spiro atoms. The van der Waals surface area contributed by atoms with Gasteiger partial charge in [-0.1, -0.05) is 32.0 Å². The fourth-order valence-corrected chi connectivity index (χ4v) is 2.21. The van der Waals surface area contributed by atoms with Gasteiger partial charge in [0.15, 0.2) is 6.29 Å². The van der Waals surface area contributed by atoms with E-state index in [9.17, 15) is 0 Å². The molecule has 1 aromatic heterocycles. The van der Waals surface area contributed by atoms with Gasteiger partial charge in [0.25, 0.3) is 0 Å². The molecule has 2 atom stereocenters. The van der Waals surface area contributed by atoms with Gasteiger partial charge in [-0.3, -0.25) is 4.98 Å². The molecule has 0 N–H and O–H groups in total. The van der Waals surface area contributed by atoms with Crippen molar-refractivity contribution < 1.29 is 9.47 Å². The van der Waals surface area contributed by atoms with Gasteiger partial charge in [0, 0.05) is 18.3 Å². The molecule has 22 heavy (non-hydrogen) atoms. The van der Waals surface area contributed by atoms with Crippen LogP contribution in [0.1, 0.15) is 44.4 Å². The van der Waals surface area contributed by atoms with Crippen molar-refractivity contribution in [3.8, 4) is 5.75 Å². The first-order chi connectivity index (χ1) is 10.7. The van der Waals surface area contributed by atoms with E-state index in [0.717, 1.165) is 24.3 Å². The summed E-state index contributed by atoms with van der Waals surface area (Å²) in [6, 6.07) is 14.2. The van der Waals surface area contributed by atoms with E-state index in [4.69, 9.17) is 9.47 Å². The van der Waals surface area contributed by atoms with Crippen LogP contribution in [0.25, 0.3) is 0 Å². The second kappa shape index (κ2) is 8.54. The lowest BCUT2D eigenvalue weighted by Gasteiger charge is -2.16. The molecule has 0 aliphatic rings. The van der Waals surface area contributed by atoms with Gasteiger partial charge in [-0.2, -0.15) is 0 Å². The summed E-state index contributed by atoms with van der Waals surface area (Å²) in [6.45, 7) is 6.95. The van der Waals surface area contributed by atoms with Crippen LogP contribution in [0.3, 0.4) is 0 Å². The third-order valence-electron chi connectivity index (χ3n) is 3.80. The number of benzene rings is 1. The Balaban J connectivity index is 1.75. The molecule has 0 radical (unpaired) electrons. The van der Waals surface area contributed by atoms with Gasteiger partial charge in [-0.15, -0.1) is 0 Å². The molecule has 1 heterocycles. The van der Waals surface area contributed by atoms with Crippen molar-refractivity contribution in [2.45, 2.75) is 45.8 Å². The Morgan fingerprint density at radius 3 is 2.45 bits per heavy atom. The van der Waals surface area contributed by atoms with E-state index >= 15 is 0 Å². The zero-order valence-corrected chi connectivity index (χ0v) is 13.7. The van der Waals surface area contributed by atoms with Gasteiger partial charge in [0.2, 0.25) is 0 Å². The summed E-state index contributed by atoms with van der Waals surface area (Å²) in [5.74, 6) is 1.43. The minimum absolute atomic E-state index is 0.266. The average molecular weight is 299 g/mol. The lowest BCUT2D eigenvalue weighted by molar-refractivity contribution is -0.0655. The topological polar surface area (TPSA) is 31.4 Å². The van der Waals surface area contributed by atoms with E-state index in [1.807, 2.05) is 37.3 Å². The van der Waals surface area contributed by atoms with Crippen molar-refractivity contribution in [2.24, 2.45) is 0 Å². The average Bonchev–Trinajstić information content (AvgIpc) is 2.56. The molecule has 1 aromatic carbocycles. The zero-order chi connectivity index (χ0) is 15.8. The minimum Gasteiger partial charge on any atom is -0.465 e. The number of aromatic nitrogens is 1. The first-order valence-electron chi connectivity index (χ1n) is 7.97. The molecular weight excluding hydrogens is 274 g/mol. The predicted octanol–water partition coefficient (Wildman–Crippen LogP) is 4.58. The van der Waals surface area contributed by atoms with Gasteiger partial charge in [0.1, 0.15) is 5.75 Å². The van der Waals surface area contributed by atoms with Gasteiger partial charge in [0.05, 0.1) is 6.61 Å². The third kappa shape index (κ3) is 5.15. The Labute approximate surface area is 133 Å². The van der Waals surface area contributed by atoms with Crippen LogP contribution in [-0.2, 0) is 11.2 Å². The number of hydrogen-bond donors (Lipinski definition) is 0. The normalized spacial score (nSPS) is 13.6. The summed E-state index contributed by atoms with van der Waals surface area (Å²) in [4.78, 5) is 4.27. The number of rotatable bonds is 8. The Morgan fingerprint density at radius 2 is 1.82 bits per heavy atom. The summed E-state index contributed by atoms with van der Waals surface area (Å²) < 4.78 is 11.5. The van der Waals surface area contributed by atoms with Crippen LogP contribution >= 0.6 is 0 Å². The van der Waals surface area contributed by atoms with Crippen LogP contribution in [0.2, 0.25) is 0 Å². The molecule has 3 heteroatoms. The molecule has 0 aliphatic carbocycles. The van der Waals surface area contributed by atoms with Gasteiger partial charge >= 0.3 is 0 Å². The summed E-state index contributed by atoms with van der Waals surface area (Å²) in [7, 11) is 0. The number of pyridine rings is 1. The Hall–Kier alpha value is -1.87. The second-order valence-corrected chi connectivity index (χ2v) is 5.51. The highest BCUT2D eigenvalue weighted by Crippen LogP contribution is 2.22. The molecule has 0 saturated carbocycles. The fraction of sp³-hybridized carbons (Fsp3) is 0.421. The standard InChI is InChI=1S/C19H25NO2/c1-4-15(2)17-8-10-19(11-9-17)22-16(3)21-14-12-18-7-5-6-13-20-18/h5-11,13,15-16H,4,12,14H2,1-3H3. The van der Waals surface area contributed by atoms with Crippen LogP contribution < -0.4 is 4.74 Å². The smallest absolute Gasteiger partial charge is 0.196 e. The fourth-order valence-electron chi connectivity index (χ4n) is 2.21. The summed E-state index contributed by atoms with van der Waals surface area (Å²) in [5, 5.41) is 0.